The Hall–Kier alpha value is -1.86. The number of esters is 1. The molecule has 0 aliphatic heterocycles. The van der Waals surface area contributed by atoms with E-state index in [2.05, 4.69) is 14.7 Å². The number of hydrogen-bond acceptors (Lipinski definition) is 5. The van der Waals surface area contributed by atoms with E-state index in [1.807, 2.05) is 0 Å². The number of carbonyl (C=O) groups is 1. The Bertz CT molecular complexity index is 406. The number of hydrogen-bond donors (Lipinski definition) is 1. The topological polar surface area (TPSA) is 78.1 Å². The average molecular weight is 235 g/mol. The Labute approximate surface area is 88.4 Å². The quantitative estimate of drug-likeness (QED) is 0.783. The number of nitrogen functional groups attached to an aromatic ring is 1. The van der Waals surface area contributed by atoms with E-state index in [-0.39, 0.29) is 6.42 Å². The van der Waals surface area contributed by atoms with Crippen LogP contribution in [0.3, 0.4) is 0 Å². The summed E-state index contributed by atoms with van der Waals surface area (Å²) in [7, 11) is 0. The van der Waals surface area contributed by atoms with Gasteiger partial charge in [0.25, 0.3) is 0 Å². The minimum Gasteiger partial charge on any atom is -0.423 e. The van der Waals surface area contributed by atoms with Gasteiger partial charge in [-0.3, -0.25) is 4.79 Å². The van der Waals surface area contributed by atoms with Crippen LogP contribution in [-0.2, 0) is 11.0 Å². The van der Waals surface area contributed by atoms with Gasteiger partial charge in [-0.05, 0) is 0 Å². The van der Waals surface area contributed by atoms with E-state index < -0.39 is 29.5 Å². The molecular formula is C8H8F3N3O2. The fourth-order valence-corrected chi connectivity index (χ4v) is 0.857. The van der Waals surface area contributed by atoms with Gasteiger partial charge < -0.3 is 10.5 Å². The summed E-state index contributed by atoms with van der Waals surface area (Å²) in [6.45, 7) is 1.45. The number of alkyl halides is 3. The molecule has 1 aromatic rings. The van der Waals surface area contributed by atoms with Crippen LogP contribution in [0.25, 0.3) is 0 Å². The van der Waals surface area contributed by atoms with Crippen molar-refractivity contribution in [2.45, 2.75) is 19.5 Å². The van der Waals surface area contributed by atoms with E-state index in [4.69, 9.17) is 5.73 Å². The Morgan fingerprint density at radius 2 is 2.19 bits per heavy atom. The zero-order chi connectivity index (χ0) is 12.3. The second kappa shape index (κ2) is 4.33. The molecule has 1 heterocycles. The van der Waals surface area contributed by atoms with Crippen LogP contribution in [0.2, 0.25) is 0 Å². The molecule has 0 aliphatic carbocycles. The Kier molecular flexibility index (Phi) is 3.31. The third-order valence-electron chi connectivity index (χ3n) is 1.55. The lowest BCUT2D eigenvalue weighted by molar-refractivity contribution is -0.145. The first-order valence-electron chi connectivity index (χ1n) is 4.25. The number of nitrogens with two attached hydrogens (primary N) is 1. The van der Waals surface area contributed by atoms with Gasteiger partial charge in [-0.25, -0.2) is 9.97 Å². The van der Waals surface area contributed by atoms with Gasteiger partial charge in [0, 0.05) is 6.42 Å². The molecule has 0 radical (unpaired) electrons. The molecule has 2 N–H and O–H groups in total. The van der Waals surface area contributed by atoms with Crippen LogP contribution in [0, 0.1) is 0 Å². The van der Waals surface area contributed by atoms with Crippen molar-refractivity contribution in [1.29, 1.82) is 0 Å². The second-order valence-corrected chi connectivity index (χ2v) is 2.77. The largest absolute Gasteiger partial charge is 0.437 e. The van der Waals surface area contributed by atoms with Gasteiger partial charge in [0.1, 0.15) is 0 Å². The normalized spacial score (nSPS) is 11.2. The molecule has 0 atom stereocenters. The predicted octanol–water partition coefficient (Wildman–Crippen LogP) is 1.39. The fourth-order valence-electron chi connectivity index (χ4n) is 0.857. The van der Waals surface area contributed by atoms with Gasteiger partial charge in [-0.15, -0.1) is 0 Å². The molecule has 0 unspecified atom stereocenters. The van der Waals surface area contributed by atoms with E-state index in [9.17, 15) is 18.0 Å². The van der Waals surface area contributed by atoms with Crippen LogP contribution in [0.5, 0.6) is 5.75 Å². The molecule has 16 heavy (non-hydrogen) atoms. The molecule has 1 aromatic heterocycles. The second-order valence-electron chi connectivity index (χ2n) is 2.77. The highest BCUT2D eigenvalue weighted by Gasteiger charge is 2.37. The summed E-state index contributed by atoms with van der Waals surface area (Å²) < 4.78 is 41.8. The zero-order valence-electron chi connectivity index (χ0n) is 8.21. The number of aromatic nitrogens is 2. The summed E-state index contributed by atoms with van der Waals surface area (Å²) in [5, 5.41) is 0. The third kappa shape index (κ3) is 2.81. The molecule has 0 amide bonds. The maximum absolute atomic E-state index is 12.4. The Morgan fingerprint density at radius 1 is 1.56 bits per heavy atom. The number of rotatable bonds is 2. The molecule has 88 valence electrons. The smallest absolute Gasteiger partial charge is 0.423 e. The Morgan fingerprint density at radius 3 is 2.69 bits per heavy atom. The highest BCUT2D eigenvalue weighted by atomic mass is 19.4. The molecule has 0 fully saturated rings. The monoisotopic (exact) mass is 235 g/mol. The molecule has 0 saturated heterocycles. The van der Waals surface area contributed by atoms with Crippen molar-refractivity contribution in [1.82, 2.24) is 9.97 Å². The molecule has 0 saturated carbocycles. The van der Waals surface area contributed by atoms with Crippen molar-refractivity contribution in [3.8, 4) is 5.75 Å². The fraction of sp³-hybridized carbons (Fsp3) is 0.375. The first-order valence-corrected chi connectivity index (χ1v) is 4.25. The van der Waals surface area contributed by atoms with Gasteiger partial charge in [0.15, 0.2) is 11.4 Å². The number of ether oxygens (including phenoxy) is 1. The molecule has 0 aromatic carbocycles. The first-order chi connectivity index (χ1) is 7.34. The van der Waals surface area contributed by atoms with Crippen LogP contribution in [0.15, 0.2) is 6.20 Å². The minimum absolute atomic E-state index is 0.0539. The summed E-state index contributed by atoms with van der Waals surface area (Å²) in [5.41, 5.74) is 3.67. The van der Waals surface area contributed by atoms with Crippen LogP contribution in [0.4, 0.5) is 19.1 Å². The van der Waals surface area contributed by atoms with Crippen LogP contribution in [-0.4, -0.2) is 15.9 Å². The summed E-state index contributed by atoms with van der Waals surface area (Å²) >= 11 is 0. The maximum atomic E-state index is 12.4. The number of halogens is 3. The predicted molar refractivity (Wildman–Crippen MR) is 47.4 cm³/mol. The SMILES string of the molecule is CCC(=O)Oc1cnc(N)nc1C(F)(F)F. The highest BCUT2D eigenvalue weighted by molar-refractivity contribution is 5.72. The number of carbonyl (C=O) groups excluding carboxylic acids is 1. The van der Waals surface area contributed by atoms with Gasteiger partial charge >= 0.3 is 12.1 Å². The Balaban J connectivity index is 3.13. The van der Waals surface area contributed by atoms with E-state index in [0.29, 0.717) is 0 Å². The standard InChI is InChI=1S/C8H8F3N3O2/c1-2-5(15)16-4-3-13-7(12)14-6(4)8(9,10)11/h3H,2H2,1H3,(H2,12,13,14). The molecule has 0 bridgehead atoms. The lowest BCUT2D eigenvalue weighted by Gasteiger charge is -2.10. The summed E-state index contributed by atoms with van der Waals surface area (Å²) in [6, 6.07) is 0. The summed E-state index contributed by atoms with van der Waals surface area (Å²) in [4.78, 5) is 17.2. The van der Waals surface area contributed by atoms with Gasteiger partial charge in [0.05, 0.1) is 6.20 Å². The molecule has 5 nitrogen and oxygen atoms in total. The van der Waals surface area contributed by atoms with Gasteiger partial charge in [0.2, 0.25) is 5.95 Å². The van der Waals surface area contributed by atoms with Crippen LogP contribution < -0.4 is 10.5 Å². The van der Waals surface area contributed by atoms with E-state index in [1.54, 1.807) is 0 Å². The molecular weight excluding hydrogens is 227 g/mol. The molecule has 0 spiro atoms. The van der Waals surface area contributed by atoms with Crippen molar-refractivity contribution in [2.24, 2.45) is 0 Å². The zero-order valence-corrected chi connectivity index (χ0v) is 8.21. The maximum Gasteiger partial charge on any atom is 0.437 e. The molecule has 0 aliphatic rings. The van der Waals surface area contributed by atoms with Crippen molar-refractivity contribution in [2.75, 3.05) is 5.73 Å². The minimum atomic E-state index is -4.75. The van der Waals surface area contributed by atoms with Crippen molar-refractivity contribution in [3.05, 3.63) is 11.9 Å². The molecule has 1 rings (SSSR count). The van der Waals surface area contributed by atoms with Gasteiger partial charge in [-0.1, -0.05) is 6.92 Å². The van der Waals surface area contributed by atoms with Crippen LogP contribution >= 0.6 is 0 Å². The van der Waals surface area contributed by atoms with Crippen molar-refractivity contribution >= 4 is 11.9 Å². The highest BCUT2D eigenvalue weighted by Crippen LogP contribution is 2.34. The molecule has 8 heteroatoms. The summed E-state index contributed by atoms with van der Waals surface area (Å²) in [5.74, 6) is -2.09. The summed E-state index contributed by atoms with van der Waals surface area (Å²) in [6.07, 6.45) is -4.08. The van der Waals surface area contributed by atoms with Crippen LogP contribution in [0.1, 0.15) is 19.0 Å². The number of nitrogens with zero attached hydrogens (tertiary/aromatic N) is 2. The van der Waals surface area contributed by atoms with Crippen molar-refractivity contribution < 1.29 is 22.7 Å². The average Bonchev–Trinajstić information content (AvgIpc) is 2.19. The first kappa shape index (κ1) is 12.2. The third-order valence-corrected chi connectivity index (χ3v) is 1.55. The van der Waals surface area contributed by atoms with E-state index in [1.165, 1.54) is 6.92 Å². The van der Waals surface area contributed by atoms with Gasteiger partial charge in [-0.2, -0.15) is 13.2 Å². The lowest BCUT2D eigenvalue weighted by atomic mass is 10.3. The van der Waals surface area contributed by atoms with E-state index >= 15 is 0 Å². The van der Waals surface area contributed by atoms with Crippen molar-refractivity contribution in [3.63, 3.8) is 0 Å². The van der Waals surface area contributed by atoms with E-state index in [0.717, 1.165) is 6.20 Å². The number of anilines is 1. The lowest BCUT2D eigenvalue weighted by Crippen LogP contribution is -2.16.